The Morgan fingerprint density at radius 1 is 1.62 bits per heavy atom. The first-order valence-corrected chi connectivity index (χ1v) is 2.09. The lowest BCUT2D eigenvalue weighted by atomic mass is 10.6. The van der Waals surface area contributed by atoms with E-state index >= 15 is 0 Å². The molecule has 8 heavy (non-hydrogen) atoms. The van der Waals surface area contributed by atoms with Crippen LogP contribution in [0, 0.1) is 0 Å². The quantitative estimate of drug-likeness (QED) is 0.248. The number of hydrogen-bond acceptors (Lipinski definition) is 4. The van der Waals surface area contributed by atoms with Crippen LogP contribution in [-0.4, -0.2) is 35.1 Å². The van der Waals surface area contributed by atoms with Crippen molar-refractivity contribution >= 4 is 6.41 Å². The van der Waals surface area contributed by atoms with Crippen LogP contribution in [0.15, 0.2) is 0 Å². The van der Waals surface area contributed by atoms with Crippen LogP contribution in [-0.2, 0) is 4.79 Å². The second kappa shape index (κ2) is 4.51. The standard InChI is InChI=1S/C3H8N2O3/c6-3-4-1-2-5(7)8/h3,7-8H,1-2H2,(H,4,6). The van der Waals surface area contributed by atoms with Crippen molar-refractivity contribution in [3.05, 3.63) is 0 Å². The lowest BCUT2D eigenvalue weighted by molar-refractivity contribution is -0.305. The molecular weight excluding hydrogens is 112 g/mol. The fourth-order valence-corrected chi connectivity index (χ4v) is 0.223. The number of nitrogens with zero attached hydrogens (tertiary/aromatic N) is 1. The van der Waals surface area contributed by atoms with Gasteiger partial charge in [0.2, 0.25) is 6.41 Å². The van der Waals surface area contributed by atoms with Gasteiger partial charge in [-0.1, -0.05) is 5.23 Å². The topological polar surface area (TPSA) is 72.8 Å². The maximum Gasteiger partial charge on any atom is 0.207 e. The van der Waals surface area contributed by atoms with E-state index in [2.05, 4.69) is 5.32 Å². The summed E-state index contributed by atoms with van der Waals surface area (Å²) in [4.78, 5) is 9.49. The van der Waals surface area contributed by atoms with E-state index in [9.17, 15) is 4.79 Å². The van der Waals surface area contributed by atoms with Crippen LogP contribution in [0.2, 0.25) is 0 Å². The molecular formula is C3H8N2O3. The van der Waals surface area contributed by atoms with Crippen LogP contribution in [0.1, 0.15) is 0 Å². The fraction of sp³-hybridized carbons (Fsp3) is 0.667. The van der Waals surface area contributed by atoms with Gasteiger partial charge in [-0.3, -0.25) is 15.2 Å². The molecule has 0 aliphatic heterocycles. The van der Waals surface area contributed by atoms with Crippen LogP contribution in [0.25, 0.3) is 0 Å². The first-order chi connectivity index (χ1) is 3.77. The van der Waals surface area contributed by atoms with Crippen molar-refractivity contribution in [1.29, 1.82) is 0 Å². The van der Waals surface area contributed by atoms with E-state index in [0.717, 1.165) is 0 Å². The van der Waals surface area contributed by atoms with E-state index in [1.807, 2.05) is 0 Å². The molecule has 3 N–H and O–H groups in total. The Balaban J connectivity index is 2.81. The highest BCUT2D eigenvalue weighted by atomic mass is 16.8. The van der Waals surface area contributed by atoms with E-state index in [4.69, 9.17) is 10.4 Å². The molecule has 0 rings (SSSR count). The Kier molecular flexibility index (Phi) is 4.14. The van der Waals surface area contributed by atoms with E-state index in [-0.39, 0.29) is 18.3 Å². The first-order valence-electron chi connectivity index (χ1n) is 2.09. The second-order valence-electron chi connectivity index (χ2n) is 1.17. The van der Waals surface area contributed by atoms with Gasteiger partial charge in [0, 0.05) is 6.54 Å². The van der Waals surface area contributed by atoms with Gasteiger partial charge < -0.3 is 5.32 Å². The van der Waals surface area contributed by atoms with Crippen LogP contribution < -0.4 is 5.32 Å². The lowest BCUT2D eigenvalue weighted by Gasteiger charge is -2.02. The Morgan fingerprint density at radius 3 is 2.62 bits per heavy atom. The summed E-state index contributed by atoms with van der Waals surface area (Å²) >= 11 is 0. The lowest BCUT2D eigenvalue weighted by Crippen LogP contribution is -2.26. The zero-order valence-corrected chi connectivity index (χ0v) is 4.24. The molecule has 0 spiro atoms. The van der Waals surface area contributed by atoms with Gasteiger partial charge in [0.15, 0.2) is 0 Å². The summed E-state index contributed by atoms with van der Waals surface area (Å²) in [5.74, 6) is 0. The number of nitrogens with one attached hydrogen (secondary N) is 1. The Labute approximate surface area is 46.4 Å². The first kappa shape index (κ1) is 7.35. The van der Waals surface area contributed by atoms with Gasteiger partial charge in [-0.2, -0.15) is 0 Å². The van der Waals surface area contributed by atoms with Crippen molar-refractivity contribution in [2.75, 3.05) is 13.1 Å². The molecule has 5 heteroatoms. The normalized spacial score (nSPS) is 9.38. The van der Waals surface area contributed by atoms with Crippen molar-refractivity contribution in [3.63, 3.8) is 0 Å². The summed E-state index contributed by atoms with van der Waals surface area (Å²) < 4.78 is 0. The number of rotatable bonds is 4. The molecule has 0 saturated heterocycles. The molecule has 0 fully saturated rings. The summed E-state index contributed by atoms with van der Waals surface area (Å²) in [6.45, 7) is 0.245. The van der Waals surface area contributed by atoms with Gasteiger partial charge in [-0.05, 0) is 0 Å². The average molecular weight is 120 g/mol. The highest BCUT2D eigenvalue weighted by Gasteiger charge is 1.88. The predicted molar refractivity (Wildman–Crippen MR) is 24.3 cm³/mol. The molecule has 0 aromatic rings. The predicted octanol–water partition coefficient (Wildman–Crippen LogP) is -1.19. The third kappa shape index (κ3) is 5.35. The summed E-state index contributed by atoms with van der Waals surface area (Å²) in [5, 5.41) is 18.3. The molecule has 0 unspecified atom stereocenters. The Bertz CT molecular complexity index is 65.5. The molecule has 0 bridgehead atoms. The maximum atomic E-state index is 9.49. The van der Waals surface area contributed by atoms with Crippen molar-refractivity contribution in [1.82, 2.24) is 10.5 Å². The fourth-order valence-electron chi connectivity index (χ4n) is 0.223. The number of hydrogen-bond donors (Lipinski definition) is 3. The summed E-state index contributed by atoms with van der Waals surface area (Å²) in [5.41, 5.74) is 0. The maximum absolute atomic E-state index is 9.49. The van der Waals surface area contributed by atoms with Crippen molar-refractivity contribution < 1.29 is 15.2 Å². The van der Waals surface area contributed by atoms with Crippen LogP contribution >= 0.6 is 0 Å². The van der Waals surface area contributed by atoms with Crippen molar-refractivity contribution in [2.45, 2.75) is 0 Å². The minimum Gasteiger partial charge on any atom is -0.357 e. The Morgan fingerprint density at radius 2 is 2.25 bits per heavy atom. The van der Waals surface area contributed by atoms with Gasteiger partial charge in [0.25, 0.3) is 0 Å². The second-order valence-corrected chi connectivity index (χ2v) is 1.17. The minimum absolute atomic E-state index is 0.0104. The molecule has 0 aromatic heterocycles. The highest BCUT2D eigenvalue weighted by molar-refractivity contribution is 5.45. The third-order valence-electron chi connectivity index (χ3n) is 0.539. The number of hydroxylamine groups is 2. The van der Waals surface area contributed by atoms with Gasteiger partial charge in [-0.25, -0.2) is 0 Å². The summed E-state index contributed by atoms with van der Waals surface area (Å²) in [6, 6.07) is 0. The smallest absolute Gasteiger partial charge is 0.207 e. The molecule has 0 aliphatic carbocycles. The largest absolute Gasteiger partial charge is 0.357 e. The zero-order chi connectivity index (χ0) is 6.41. The number of amides is 1. The third-order valence-corrected chi connectivity index (χ3v) is 0.539. The molecule has 0 heterocycles. The van der Waals surface area contributed by atoms with E-state index in [0.29, 0.717) is 6.41 Å². The van der Waals surface area contributed by atoms with E-state index in [1.54, 1.807) is 0 Å². The van der Waals surface area contributed by atoms with Crippen LogP contribution in [0.4, 0.5) is 0 Å². The minimum atomic E-state index is 0.0104. The summed E-state index contributed by atoms with van der Waals surface area (Å²) in [7, 11) is 0. The molecule has 1 amide bonds. The van der Waals surface area contributed by atoms with E-state index in [1.165, 1.54) is 0 Å². The van der Waals surface area contributed by atoms with Gasteiger partial charge in [-0.15, -0.1) is 0 Å². The summed E-state index contributed by atoms with van der Waals surface area (Å²) in [6.07, 6.45) is 0.490. The van der Waals surface area contributed by atoms with Gasteiger partial charge >= 0.3 is 0 Å². The SMILES string of the molecule is O=CNCCN(O)O. The molecule has 0 radical (unpaired) electrons. The molecule has 0 aliphatic rings. The zero-order valence-electron chi connectivity index (χ0n) is 4.24. The molecule has 0 atom stereocenters. The number of carbonyl (C=O) groups is 1. The monoisotopic (exact) mass is 120 g/mol. The van der Waals surface area contributed by atoms with Crippen molar-refractivity contribution in [3.8, 4) is 0 Å². The van der Waals surface area contributed by atoms with Gasteiger partial charge in [0.1, 0.15) is 0 Å². The van der Waals surface area contributed by atoms with Crippen LogP contribution in [0.5, 0.6) is 0 Å². The Hall–Kier alpha value is -0.650. The average Bonchev–Trinajstić information content (AvgIpc) is 1.66. The van der Waals surface area contributed by atoms with Crippen molar-refractivity contribution in [2.24, 2.45) is 0 Å². The van der Waals surface area contributed by atoms with Crippen LogP contribution in [0.3, 0.4) is 0 Å². The molecule has 0 aromatic carbocycles. The van der Waals surface area contributed by atoms with E-state index < -0.39 is 0 Å². The highest BCUT2D eigenvalue weighted by Crippen LogP contribution is 1.65. The molecule has 5 nitrogen and oxygen atoms in total. The van der Waals surface area contributed by atoms with Gasteiger partial charge in [0.05, 0.1) is 6.54 Å². The molecule has 48 valence electrons. The number of carbonyl (C=O) groups excluding carboxylic acids is 1. The molecule has 0 saturated carbocycles.